The van der Waals surface area contributed by atoms with Crippen molar-refractivity contribution in [1.29, 1.82) is 0 Å². The van der Waals surface area contributed by atoms with Gasteiger partial charge >= 0.3 is 0 Å². The fourth-order valence-electron chi connectivity index (χ4n) is 6.61. The van der Waals surface area contributed by atoms with Crippen molar-refractivity contribution in [1.82, 2.24) is 9.78 Å². The van der Waals surface area contributed by atoms with E-state index in [0.717, 1.165) is 29.1 Å². The minimum atomic E-state index is 0.0563. The molecule has 0 fully saturated rings. The number of hydrogen-bond donors (Lipinski definition) is 0. The summed E-state index contributed by atoms with van der Waals surface area (Å²) in [5.41, 5.74) is 12.1. The molecule has 0 saturated carbocycles. The molecule has 0 amide bonds. The quantitative estimate of drug-likeness (QED) is 0.215. The summed E-state index contributed by atoms with van der Waals surface area (Å²) >= 11 is 0. The first-order chi connectivity index (χ1) is 21.5. The first-order valence-electron chi connectivity index (χ1n) is 15.3. The van der Waals surface area contributed by atoms with E-state index in [-0.39, 0.29) is 12.8 Å². The van der Waals surface area contributed by atoms with Crippen LogP contribution in [0.15, 0.2) is 133 Å². The molecule has 6 heteroatoms. The van der Waals surface area contributed by atoms with Crippen LogP contribution in [0, 0.1) is 20.8 Å². The number of anilines is 2. The van der Waals surface area contributed by atoms with Crippen molar-refractivity contribution in [3.63, 3.8) is 0 Å². The van der Waals surface area contributed by atoms with E-state index in [1.54, 1.807) is 0 Å². The third-order valence-electron chi connectivity index (χ3n) is 8.65. The number of nitrogens with zero attached hydrogens (tertiary/aromatic N) is 5. The molecule has 4 aromatic carbocycles. The van der Waals surface area contributed by atoms with Crippen LogP contribution in [0.1, 0.15) is 29.2 Å². The zero-order valence-electron chi connectivity index (χ0n) is 25.5. The Hall–Kier alpha value is -5.10. The number of allylic oxidation sites excluding steroid dienone is 4. The molecule has 0 radical (unpaired) electrons. The lowest BCUT2D eigenvalue weighted by atomic mass is 9.35. The standard InChI is InChI=1S/C38H36BN5/c1-28-22-29(2)38(30(3)23-28)39(32-13-10-12-31(24-32)37-20-21-43(41-37)35-17-8-5-9-18-35)33-14-11-19-36(25-33)44-27-42(26-40-44)34-15-6-4-7-16-34/h4-17,19-26,35H,18,27H2,1-3H3/t35-/m1/s1. The molecule has 1 atom stereocenters. The summed E-state index contributed by atoms with van der Waals surface area (Å²) in [5, 5.41) is 11.8. The van der Waals surface area contributed by atoms with E-state index < -0.39 is 0 Å². The average molecular weight is 574 g/mol. The van der Waals surface area contributed by atoms with Gasteiger partial charge in [0, 0.05) is 17.4 Å². The Bertz CT molecular complexity index is 1860. The van der Waals surface area contributed by atoms with E-state index in [0.29, 0.717) is 6.67 Å². The maximum Gasteiger partial charge on any atom is 0.242 e. The summed E-state index contributed by atoms with van der Waals surface area (Å²) in [4.78, 5) is 2.17. The first-order valence-corrected chi connectivity index (χ1v) is 15.3. The minimum absolute atomic E-state index is 0.0563. The number of para-hydroxylation sites is 1. The summed E-state index contributed by atoms with van der Waals surface area (Å²) in [5.74, 6) is 0. The molecule has 2 aliphatic rings. The highest BCUT2D eigenvalue weighted by atomic mass is 15.6. The number of rotatable bonds is 7. The molecule has 1 aliphatic heterocycles. The Morgan fingerprint density at radius 1 is 0.750 bits per heavy atom. The SMILES string of the molecule is Cc1cc(C)c(B(c2cccc(-c3ccn([C@@H]4C=CC=CC4)n3)c2)c2cccc(N3CN(c4ccccc4)C=N3)c2)c(C)c1. The molecule has 7 rings (SSSR count). The van der Waals surface area contributed by atoms with E-state index >= 15 is 0 Å². The smallest absolute Gasteiger partial charge is 0.242 e. The summed E-state index contributed by atoms with van der Waals surface area (Å²) in [6, 6.07) is 35.2. The Balaban J connectivity index is 1.26. The Kier molecular flexibility index (Phi) is 7.49. The monoisotopic (exact) mass is 573 g/mol. The average Bonchev–Trinajstić information content (AvgIpc) is 3.75. The second-order valence-electron chi connectivity index (χ2n) is 11.8. The Morgan fingerprint density at radius 3 is 2.27 bits per heavy atom. The molecule has 0 spiro atoms. The van der Waals surface area contributed by atoms with Crippen LogP contribution < -0.4 is 26.3 Å². The highest BCUT2D eigenvalue weighted by Gasteiger charge is 2.27. The van der Waals surface area contributed by atoms with Crippen molar-refractivity contribution in [3.8, 4) is 11.3 Å². The molecule has 2 heterocycles. The Labute approximate surface area is 260 Å². The number of aryl methyl sites for hydroxylation is 3. The number of hydrogen-bond acceptors (Lipinski definition) is 4. The van der Waals surface area contributed by atoms with Crippen LogP contribution in [0.2, 0.25) is 0 Å². The summed E-state index contributed by atoms with van der Waals surface area (Å²) < 4.78 is 2.08. The van der Waals surface area contributed by atoms with Crippen molar-refractivity contribution in [2.24, 2.45) is 5.10 Å². The van der Waals surface area contributed by atoms with Gasteiger partial charge in [0.15, 0.2) is 0 Å². The van der Waals surface area contributed by atoms with E-state index in [4.69, 9.17) is 10.2 Å². The third-order valence-corrected chi connectivity index (χ3v) is 8.65. The molecule has 0 saturated heterocycles. The van der Waals surface area contributed by atoms with Gasteiger partial charge in [0.2, 0.25) is 6.71 Å². The maximum atomic E-state index is 5.00. The van der Waals surface area contributed by atoms with Gasteiger partial charge in [0.1, 0.15) is 13.0 Å². The molecule has 1 aromatic heterocycles. The highest BCUT2D eigenvalue weighted by Crippen LogP contribution is 2.24. The normalized spacial score (nSPS) is 15.8. The molecule has 5 aromatic rings. The lowest BCUT2D eigenvalue weighted by Gasteiger charge is -2.23. The van der Waals surface area contributed by atoms with E-state index in [9.17, 15) is 0 Å². The summed E-state index contributed by atoms with van der Waals surface area (Å²) in [7, 11) is 0. The number of hydrazone groups is 1. The first kappa shape index (κ1) is 27.7. The van der Waals surface area contributed by atoms with E-state index in [1.807, 2.05) is 12.4 Å². The van der Waals surface area contributed by atoms with Crippen molar-refractivity contribution < 1.29 is 0 Å². The van der Waals surface area contributed by atoms with Crippen molar-refractivity contribution in [2.75, 3.05) is 16.6 Å². The zero-order valence-corrected chi connectivity index (χ0v) is 25.5. The second-order valence-corrected chi connectivity index (χ2v) is 11.8. The largest absolute Gasteiger partial charge is 0.311 e. The zero-order chi connectivity index (χ0) is 30.0. The van der Waals surface area contributed by atoms with Crippen LogP contribution in [0.3, 0.4) is 0 Å². The molecule has 0 N–H and O–H groups in total. The van der Waals surface area contributed by atoms with Gasteiger partial charge in [-0.1, -0.05) is 124 Å². The Morgan fingerprint density at radius 2 is 1.50 bits per heavy atom. The maximum absolute atomic E-state index is 5.00. The van der Waals surface area contributed by atoms with Gasteiger partial charge in [0.05, 0.1) is 17.4 Å². The van der Waals surface area contributed by atoms with Crippen molar-refractivity contribution in [3.05, 3.63) is 144 Å². The van der Waals surface area contributed by atoms with Gasteiger partial charge in [-0.05, 0) is 57.5 Å². The van der Waals surface area contributed by atoms with E-state index in [1.165, 1.54) is 33.1 Å². The van der Waals surface area contributed by atoms with Gasteiger partial charge in [-0.3, -0.25) is 4.68 Å². The van der Waals surface area contributed by atoms with Crippen LogP contribution in [-0.4, -0.2) is 29.5 Å². The van der Waals surface area contributed by atoms with Gasteiger partial charge in [-0.15, -0.1) is 0 Å². The van der Waals surface area contributed by atoms with Gasteiger partial charge in [-0.25, -0.2) is 5.01 Å². The molecule has 216 valence electrons. The lowest BCUT2D eigenvalue weighted by molar-refractivity contribution is 0.542. The van der Waals surface area contributed by atoms with Crippen LogP contribution in [-0.2, 0) is 0 Å². The molecule has 0 unspecified atom stereocenters. The fraction of sp³-hybridized carbons (Fsp3) is 0.158. The molecule has 1 aliphatic carbocycles. The molecule has 5 nitrogen and oxygen atoms in total. The van der Waals surface area contributed by atoms with Crippen molar-refractivity contribution in [2.45, 2.75) is 33.2 Å². The molecular formula is C38H36BN5. The summed E-state index contributed by atoms with van der Waals surface area (Å²) in [6.45, 7) is 7.39. The second kappa shape index (κ2) is 11.9. The number of benzene rings is 4. The summed E-state index contributed by atoms with van der Waals surface area (Å²) in [6.07, 6.45) is 13.6. The molecular weight excluding hydrogens is 537 g/mol. The van der Waals surface area contributed by atoms with E-state index in [2.05, 4.69) is 157 Å². The predicted molar refractivity (Wildman–Crippen MR) is 186 cm³/mol. The van der Waals surface area contributed by atoms with Crippen LogP contribution in [0.4, 0.5) is 11.4 Å². The third kappa shape index (κ3) is 5.51. The number of aromatic nitrogens is 2. The van der Waals surface area contributed by atoms with Crippen molar-refractivity contribution >= 4 is 40.8 Å². The van der Waals surface area contributed by atoms with Crippen LogP contribution in [0.25, 0.3) is 11.3 Å². The topological polar surface area (TPSA) is 36.7 Å². The lowest BCUT2D eigenvalue weighted by Crippen LogP contribution is -2.54. The van der Waals surface area contributed by atoms with Gasteiger partial charge < -0.3 is 4.90 Å². The fourth-order valence-corrected chi connectivity index (χ4v) is 6.61. The highest BCUT2D eigenvalue weighted by molar-refractivity contribution is 6.96. The van der Waals surface area contributed by atoms with Gasteiger partial charge in [0.25, 0.3) is 0 Å². The predicted octanol–water partition coefficient (Wildman–Crippen LogP) is 6.28. The van der Waals surface area contributed by atoms with Crippen LogP contribution in [0.5, 0.6) is 0 Å². The molecule has 0 bridgehead atoms. The van der Waals surface area contributed by atoms with Crippen LogP contribution >= 0.6 is 0 Å². The molecule has 44 heavy (non-hydrogen) atoms. The van der Waals surface area contributed by atoms with Gasteiger partial charge in [-0.2, -0.15) is 10.2 Å². The minimum Gasteiger partial charge on any atom is -0.311 e.